The Morgan fingerprint density at radius 3 is 2.72 bits per heavy atom. The Morgan fingerprint density at radius 1 is 1.24 bits per heavy atom. The zero-order valence-corrected chi connectivity index (χ0v) is 14.6. The van der Waals surface area contributed by atoms with Crippen molar-refractivity contribution in [2.75, 3.05) is 26.2 Å². The zero-order valence-electron chi connectivity index (χ0n) is 13.8. The first kappa shape index (κ1) is 17.6. The Bertz CT molecular complexity index is 868. The molecule has 1 aliphatic rings. The fourth-order valence-corrected chi connectivity index (χ4v) is 4.13. The maximum absolute atomic E-state index is 13.7. The van der Waals surface area contributed by atoms with Gasteiger partial charge in [0.2, 0.25) is 0 Å². The zero-order chi connectivity index (χ0) is 18.0. The molecule has 1 aliphatic heterocycles. The van der Waals surface area contributed by atoms with Crippen molar-refractivity contribution in [3.8, 4) is 0 Å². The number of carbonyl (C=O) groups is 1. The molecule has 1 N–H and O–H groups in total. The smallest absolute Gasteiger partial charge is 0.260 e. The van der Waals surface area contributed by atoms with Gasteiger partial charge in [0.25, 0.3) is 15.9 Å². The van der Waals surface area contributed by atoms with E-state index in [1.54, 1.807) is 24.0 Å². The molecule has 1 aromatic carbocycles. The summed E-state index contributed by atoms with van der Waals surface area (Å²) < 4.78 is 40.1. The molecule has 9 heteroatoms. The van der Waals surface area contributed by atoms with E-state index in [9.17, 15) is 17.6 Å². The van der Waals surface area contributed by atoms with Gasteiger partial charge in [0.15, 0.2) is 5.03 Å². The van der Waals surface area contributed by atoms with Crippen molar-refractivity contribution in [1.29, 1.82) is 0 Å². The number of hydrogen-bond donors (Lipinski definition) is 1. The minimum atomic E-state index is -3.65. The molecule has 0 bridgehead atoms. The summed E-state index contributed by atoms with van der Waals surface area (Å²) in [6, 6.07) is 4.38. The van der Waals surface area contributed by atoms with Crippen LogP contribution in [0, 0.1) is 12.7 Å². The van der Waals surface area contributed by atoms with Crippen LogP contribution in [0.15, 0.2) is 35.7 Å². The predicted octanol–water partition coefficient (Wildman–Crippen LogP) is 1.39. The van der Waals surface area contributed by atoms with Crippen molar-refractivity contribution < 1.29 is 17.6 Å². The van der Waals surface area contributed by atoms with Gasteiger partial charge in [-0.05, 0) is 31.0 Å². The first-order chi connectivity index (χ1) is 11.9. The lowest BCUT2D eigenvalue weighted by Gasteiger charge is -2.21. The highest BCUT2D eigenvalue weighted by molar-refractivity contribution is 7.89. The lowest BCUT2D eigenvalue weighted by atomic mass is 10.1. The van der Waals surface area contributed by atoms with Gasteiger partial charge >= 0.3 is 0 Å². The number of nitrogens with one attached hydrogen (secondary N) is 1. The van der Waals surface area contributed by atoms with Crippen molar-refractivity contribution in [3.63, 3.8) is 0 Å². The fraction of sp³-hybridized carbons (Fsp3) is 0.375. The molecule has 7 nitrogen and oxygen atoms in total. The van der Waals surface area contributed by atoms with E-state index in [2.05, 4.69) is 9.97 Å². The van der Waals surface area contributed by atoms with Crippen LogP contribution in [0.2, 0.25) is 0 Å². The highest BCUT2D eigenvalue weighted by Gasteiger charge is 2.29. The number of benzene rings is 1. The van der Waals surface area contributed by atoms with Crippen molar-refractivity contribution in [3.05, 3.63) is 47.7 Å². The predicted molar refractivity (Wildman–Crippen MR) is 89.0 cm³/mol. The second-order valence-corrected chi connectivity index (χ2v) is 7.84. The van der Waals surface area contributed by atoms with Crippen LogP contribution in [-0.4, -0.2) is 59.7 Å². The van der Waals surface area contributed by atoms with Crippen LogP contribution in [0.5, 0.6) is 0 Å². The Labute approximate surface area is 145 Å². The van der Waals surface area contributed by atoms with E-state index in [0.717, 1.165) is 0 Å². The van der Waals surface area contributed by atoms with Crippen molar-refractivity contribution in [2.45, 2.75) is 18.4 Å². The molecule has 0 radical (unpaired) electrons. The maximum Gasteiger partial charge on any atom is 0.260 e. The largest absolute Gasteiger partial charge is 0.337 e. The monoisotopic (exact) mass is 366 g/mol. The summed E-state index contributed by atoms with van der Waals surface area (Å²) in [7, 11) is -3.65. The minimum Gasteiger partial charge on any atom is -0.337 e. The van der Waals surface area contributed by atoms with Gasteiger partial charge in [-0.25, -0.2) is 17.8 Å². The Hall–Kier alpha value is -2.26. The molecule has 134 valence electrons. The molecule has 3 rings (SSSR count). The summed E-state index contributed by atoms with van der Waals surface area (Å²) in [5.74, 6) is -0.719. The summed E-state index contributed by atoms with van der Waals surface area (Å²) >= 11 is 0. The Kier molecular flexibility index (Phi) is 4.87. The van der Waals surface area contributed by atoms with Gasteiger partial charge in [-0.2, -0.15) is 4.31 Å². The highest BCUT2D eigenvalue weighted by atomic mass is 32.2. The Morgan fingerprint density at radius 2 is 2.04 bits per heavy atom. The van der Waals surface area contributed by atoms with Gasteiger partial charge in [0.05, 0.1) is 12.5 Å². The molecule has 0 atom stereocenters. The highest BCUT2D eigenvalue weighted by Crippen LogP contribution is 2.17. The Balaban J connectivity index is 1.73. The number of aromatic nitrogens is 2. The first-order valence-corrected chi connectivity index (χ1v) is 9.37. The van der Waals surface area contributed by atoms with Crippen LogP contribution in [0.1, 0.15) is 22.3 Å². The van der Waals surface area contributed by atoms with Gasteiger partial charge in [0, 0.05) is 31.7 Å². The number of halogens is 1. The van der Waals surface area contributed by atoms with Crippen LogP contribution in [0.25, 0.3) is 0 Å². The van der Waals surface area contributed by atoms with Gasteiger partial charge in [-0.15, -0.1) is 0 Å². The van der Waals surface area contributed by atoms with E-state index in [0.29, 0.717) is 25.1 Å². The van der Waals surface area contributed by atoms with Crippen LogP contribution in [0.3, 0.4) is 0 Å². The lowest BCUT2D eigenvalue weighted by Crippen LogP contribution is -2.37. The fourth-order valence-electron chi connectivity index (χ4n) is 2.77. The summed E-state index contributed by atoms with van der Waals surface area (Å²) in [5, 5.41) is 0.0351. The SMILES string of the molecule is Cc1ccc(C(=O)N2CCCN(S(=O)(=O)c3cnc[nH]3)CC2)cc1F. The number of imidazole rings is 1. The third kappa shape index (κ3) is 3.57. The lowest BCUT2D eigenvalue weighted by molar-refractivity contribution is 0.0763. The van der Waals surface area contributed by atoms with Crippen molar-refractivity contribution in [1.82, 2.24) is 19.2 Å². The van der Waals surface area contributed by atoms with Crippen LogP contribution < -0.4 is 0 Å². The molecule has 1 fully saturated rings. The molecular weight excluding hydrogens is 347 g/mol. The average Bonchev–Trinajstić information content (AvgIpc) is 3.02. The molecule has 25 heavy (non-hydrogen) atoms. The molecular formula is C16H19FN4O3S. The molecule has 0 aliphatic carbocycles. The molecule has 0 saturated carbocycles. The molecule has 0 spiro atoms. The van der Waals surface area contributed by atoms with E-state index in [-0.39, 0.29) is 29.6 Å². The number of aromatic amines is 1. The quantitative estimate of drug-likeness (QED) is 0.889. The van der Waals surface area contributed by atoms with E-state index in [1.807, 2.05) is 0 Å². The second kappa shape index (κ2) is 6.93. The van der Waals surface area contributed by atoms with Crippen LogP contribution in [-0.2, 0) is 10.0 Å². The summed E-state index contributed by atoms with van der Waals surface area (Å²) in [6.45, 7) is 2.80. The number of rotatable bonds is 3. The first-order valence-electron chi connectivity index (χ1n) is 7.93. The van der Waals surface area contributed by atoms with Gasteiger partial charge in [0.1, 0.15) is 5.82 Å². The molecule has 2 aromatic rings. The van der Waals surface area contributed by atoms with Gasteiger partial charge in [-0.3, -0.25) is 4.79 Å². The van der Waals surface area contributed by atoms with Crippen molar-refractivity contribution >= 4 is 15.9 Å². The average molecular weight is 366 g/mol. The number of aryl methyl sites for hydroxylation is 1. The number of H-pyrrole nitrogens is 1. The minimum absolute atomic E-state index is 0.0351. The third-order valence-corrected chi connectivity index (χ3v) is 6.08. The molecule has 1 aromatic heterocycles. The molecule has 2 heterocycles. The standard InChI is InChI=1S/C16H19FN4O3S/c1-12-3-4-13(9-14(12)17)16(22)20-5-2-6-21(8-7-20)25(23,24)15-10-18-11-19-15/h3-4,9-11H,2,5-8H2,1H3,(H,18,19). The van der Waals surface area contributed by atoms with E-state index >= 15 is 0 Å². The second-order valence-electron chi connectivity index (χ2n) is 5.93. The topological polar surface area (TPSA) is 86.4 Å². The van der Waals surface area contributed by atoms with E-state index in [1.165, 1.54) is 22.9 Å². The summed E-state index contributed by atoms with van der Waals surface area (Å²) in [4.78, 5) is 20.5. The normalized spacial score (nSPS) is 16.6. The molecule has 1 amide bonds. The van der Waals surface area contributed by atoms with Crippen LogP contribution >= 0.6 is 0 Å². The maximum atomic E-state index is 13.7. The molecule has 0 unspecified atom stereocenters. The number of nitrogens with zero attached hydrogens (tertiary/aromatic N) is 3. The summed E-state index contributed by atoms with van der Waals surface area (Å²) in [5.41, 5.74) is 0.747. The van der Waals surface area contributed by atoms with E-state index in [4.69, 9.17) is 0 Å². The number of hydrogen-bond acceptors (Lipinski definition) is 4. The number of amides is 1. The third-order valence-electron chi connectivity index (χ3n) is 4.25. The molecule has 1 saturated heterocycles. The number of sulfonamides is 1. The van der Waals surface area contributed by atoms with Crippen LogP contribution in [0.4, 0.5) is 4.39 Å². The van der Waals surface area contributed by atoms with Gasteiger partial charge < -0.3 is 9.88 Å². The van der Waals surface area contributed by atoms with Crippen molar-refractivity contribution in [2.24, 2.45) is 0 Å². The van der Waals surface area contributed by atoms with E-state index < -0.39 is 15.8 Å². The summed E-state index contributed by atoms with van der Waals surface area (Å²) in [6.07, 6.45) is 3.08. The van der Waals surface area contributed by atoms with Gasteiger partial charge in [-0.1, -0.05) is 6.07 Å². The number of carbonyl (C=O) groups excluding carboxylic acids is 1.